The van der Waals surface area contributed by atoms with Gasteiger partial charge in [0.1, 0.15) is 0 Å². The van der Waals surface area contributed by atoms with Crippen LogP contribution in [0.5, 0.6) is 0 Å². The van der Waals surface area contributed by atoms with E-state index in [0.717, 1.165) is 12.1 Å². The van der Waals surface area contributed by atoms with Crippen molar-refractivity contribution in [2.24, 2.45) is 0 Å². The van der Waals surface area contributed by atoms with Crippen LogP contribution in [0.2, 0.25) is 0 Å². The van der Waals surface area contributed by atoms with Gasteiger partial charge in [0.15, 0.2) is 0 Å². The number of benzene rings is 1. The van der Waals surface area contributed by atoms with Gasteiger partial charge in [0.05, 0.1) is 4.90 Å². The van der Waals surface area contributed by atoms with Crippen LogP contribution in [0.1, 0.15) is 12.5 Å². The molecule has 0 aromatic heterocycles. The van der Waals surface area contributed by atoms with E-state index in [2.05, 4.69) is 34.4 Å². The molecule has 1 N–H and O–H groups in total. The molecule has 1 aromatic rings. The van der Waals surface area contributed by atoms with Gasteiger partial charge in [-0.15, -0.1) is 13.2 Å². The molecule has 0 radical (unpaired) electrons. The van der Waals surface area contributed by atoms with Crippen molar-refractivity contribution in [3.05, 3.63) is 53.5 Å². The molecule has 21 heavy (non-hydrogen) atoms. The summed E-state index contributed by atoms with van der Waals surface area (Å²) >= 11 is 3.33. The molecule has 1 aromatic carbocycles. The van der Waals surface area contributed by atoms with E-state index < -0.39 is 10.0 Å². The zero-order chi connectivity index (χ0) is 15.9. The number of halogens is 1. The number of nitrogens with one attached hydrogen (secondary N) is 1. The Labute approximate surface area is 135 Å². The summed E-state index contributed by atoms with van der Waals surface area (Å²) < 4.78 is 27.4. The van der Waals surface area contributed by atoms with Crippen LogP contribution in [0.25, 0.3) is 0 Å². The van der Waals surface area contributed by atoms with Crippen molar-refractivity contribution in [2.45, 2.75) is 18.4 Å². The lowest BCUT2D eigenvalue weighted by Gasteiger charge is -2.20. The molecule has 0 atom stereocenters. The van der Waals surface area contributed by atoms with Crippen molar-refractivity contribution in [1.82, 2.24) is 9.62 Å². The Bertz CT molecular complexity index is 590. The first kappa shape index (κ1) is 18.1. The summed E-state index contributed by atoms with van der Waals surface area (Å²) in [6.07, 6.45) is 3.13. The average molecular weight is 373 g/mol. The summed E-state index contributed by atoms with van der Waals surface area (Å²) in [7, 11) is -3.59. The topological polar surface area (TPSA) is 49.4 Å². The van der Waals surface area contributed by atoms with Gasteiger partial charge in [-0.05, 0) is 40.2 Å². The van der Waals surface area contributed by atoms with Gasteiger partial charge >= 0.3 is 0 Å². The van der Waals surface area contributed by atoms with E-state index in [0.29, 0.717) is 11.0 Å². The number of hydrogen-bond acceptors (Lipinski definition) is 3. The third-order valence-electron chi connectivity index (χ3n) is 2.86. The summed E-state index contributed by atoms with van der Waals surface area (Å²) in [4.78, 5) is 0.265. The molecule has 0 heterocycles. The fourth-order valence-corrected chi connectivity index (χ4v) is 4.18. The Kier molecular flexibility index (Phi) is 7.31. The maximum absolute atomic E-state index is 12.7. The Morgan fingerprint density at radius 1 is 1.29 bits per heavy atom. The van der Waals surface area contributed by atoms with E-state index in [1.165, 1.54) is 4.31 Å². The predicted molar refractivity (Wildman–Crippen MR) is 90.7 cm³/mol. The zero-order valence-electron chi connectivity index (χ0n) is 12.2. The van der Waals surface area contributed by atoms with Crippen LogP contribution in [-0.2, 0) is 16.6 Å². The van der Waals surface area contributed by atoms with Crippen LogP contribution in [0.15, 0.2) is 52.9 Å². The van der Waals surface area contributed by atoms with Crippen molar-refractivity contribution in [2.75, 3.05) is 19.6 Å². The smallest absolute Gasteiger partial charge is 0.244 e. The number of hydrogen-bond donors (Lipinski definition) is 1. The third kappa shape index (κ3) is 4.78. The third-order valence-corrected chi connectivity index (χ3v) is 5.68. The largest absolute Gasteiger partial charge is 0.313 e. The highest BCUT2D eigenvalue weighted by atomic mass is 79.9. The molecule has 0 aliphatic rings. The molecular weight excluding hydrogens is 352 g/mol. The highest BCUT2D eigenvalue weighted by Gasteiger charge is 2.25. The average Bonchev–Trinajstić information content (AvgIpc) is 2.46. The van der Waals surface area contributed by atoms with Gasteiger partial charge in [0, 0.05) is 24.1 Å². The van der Waals surface area contributed by atoms with E-state index in [1.54, 1.807) is 24.3 Å². The first-order chi connectivity index (χ1) is 9.97. The Morgan fingerprint density at radius 2 is 1.90 bits per heavy atom. The minimum Gasteiger partial charge on any atom is -0.313 e. The molecule has 0 bridgehead atoms. The van der Waals surface area contributed by atoms with E-state index in [9.17, 15) is 8.42 Å². The summed E-state index contributed by atoms with van der Waals surface area (Å²) in [5, 5.41) is 3.19. The lowest BCUT2D eigenvalue weighted by molar-refractivity contribution is 0.473. The molecule has 1 rings (SSSR count). The molecule has 0 aliphatic heterocycles. The van der Waals surface area contributed by atoms with Gasteiger partial charge < -0.3 is 5.32 Å². The minimum atomic E-state index is -3.59. The molecule has 4 nitrogen and oxygen atoms in total. The zero-order valence-corrected chi connectivity index (χ0v) is 14.6. The van der Waals surface area contributed by atoms with E-state index in [-0.39, 0.29) is 18.0 Å². The molecule has 0 fully saturated rings. The first-order valence-electron chi connectivity index (χ1n) is 6.68. The molecule has 6 heteroatoms. The van der Waals surface area contributed by atoms with Crippen molar-refractivity contribution in [3.63, 3.8) is 0 Å². The van der Waals surface area contributed by atoms with Gasteiger partial charge in [0.2, 0.25) is 10.0 Å². The van der Waals surface area contributed by atoms with Crippen LogP contribution >= 0.6 is 15.9 Å². The Hall–Kier alpha value is -0.950. The monoisotopic (exact) mass is 372 g/mol. The maximum Gasteiger partial charge on any atom is 0.244 e. The van der Waals surface area contributed by atoms with Gasteiger partial charge in [0.25, 0.3) is 0 Å². The van der Waals surface area contributed by atoms with E-state index in [4.69, 9.17) is 0 Å². The van der Waals surface area contributed by atoms with Crippen LogP contribution in [0, 0.1) is 0 Å². The fourth-order valence-electron chi connectivity index (χ4n) is 1.82. The summed E-state index contributed by atoms with van der Waals surface area (Å²) in [5.74, 6) is 0. The van der Waals surface area contributed by atoms with E-state index >= 15 is 0 Å². The van der Waals surface area contributed by atoms with Crippen molar-refractivity contribution in [1.29, 1.82) is 0 Å². The standard InChI is InChI=1S/C15H21BrN2O2S/c1-4-9-18(10-5-2)21(19,20)15-11-13(12-17-6-3)7-8-14(15)16/h4-5,7-8,11,17H,1-2,6,9-10,12H2,3H3. The maximum atomic E-state index is 12.7. The fraction of sp³-hybridized carbons (Fsp3) is 0.333. The Morgan fingerprint density at radius 3 is 2.43 bits per heavy atom. The second kappa shape index (κ2) is 8.48. The lowest BCUT2D eigenvalue weighted by atomic mass is 10.2. The molecule has 0 aliphatic carbocycles. The van der Waals surface area contributed by atoms with Gasteiger partial charge in [-0.25, -0.2) is 8.42 Å². The number of sulfonamides is 1. The Balaban J connectivity index is 3.21. The normalized spacial score (nSPS) is 11.6. The molecule has 0 saturated heterocycles. The van der Waals surface area contributed by atoms with Crippen molar-refractivity contribution >= 4 is 26.0 Å². The molecule has 116 valence electrons. The summed E-state index contributed by atoms with van der Waals surface area (Å²) in [6, 6.07) is 5.36. The minimum absolute atomic E-state index is 0.248. The van der Waals surface area contributed by atoms with Gasteiger partial charge in [-0.1, -0.05) is 25.1 Å². The second-order valence-corrected chi connectivity index (χ2v) is 7.21. The highest BCUT2D eigenvalue weighted by molar-refractivity contribution is 9.10. The summed E-state index contributed by atoms with van der Waals surface area (Å²) in [5.41, 5.74) is 0.927. The molecule has 0 unspecified atom stereocenters. The number of nitrogens with zero attached hydrogens (tertiary/aromatic N) is 1. The SMILES string of the molecule is C=CCN(CC=C)S(=O)(=O)c1cc(CNCC)ccc1Br. The second-order valence-electron chi connectivity index (χ2n) is 4.44. The quantitative estimate of drug-likeness (QED) is 0.678. The van der Waals surface area contributed by atoms with Crippen LogP contribution in [0.4, 0.5) is 0 Å². The first-order valence-corrected chi connectivity index (χ1v) is 8.91. The predicted octanol–water partition coefficient (Wildman–Crippen LogP) is 2.92. The van der Waals surface area contributed by atoms with Gasteiger partial charge in [-0.2, -0.15) is 4.31 Å². The van der Waals surface area contributed by atoms with Crippen molar-refractivity contribution in [3.8, 4) is 0 Å². The summed E-state index contributed by atoms with van der Waals surface area (Å²) in [6.45, 7) is 11.2. The molecule has 0 amide bonds. The van der Waals surface area contributed by atoms with Crippen molar-refractivity contribution < 1.29 is 8.42 Å². The highest BCUT2D eigenvalue weighted by Crippen LogP contribution is 2.26. The molecule has 0 saturated carbocycles. The van der Waals surface area contributed by atoms with Crippen LogP contribution in [-0.4, -0.2) is 32.4 Å². The van der Waals surface area contributed by atoms with E-state index in [1.807, 2.05) is 13.0 Å². The van der Waals surface area contributed by atoms with Crippen LogP contribution in [0.3, 0.4) is 0 Å². The van der Waals surface area contributed by atoms with Crippen LogP contribution < -0.4 is 5.32 Å². The lowest BCUT2D eigenvalue weighted by Crippen LogP contribution is -2.31. The van der Waals surface area contributed by atoms with Gasteiger partial charge in [-0.3, -0.25) is 0 Å². The molecular formula is C15H21BrN2O2S. The number of rotatable bonds is 9. The molecule has 0 spiro atoms.